The molecule has 102 valence electrons. The van der Waals surface area contributed by atoms with Gasteiger partial charge in [0, 0.05) is 11.0 Å². The second-order valence-electron chi connectivity index (χ2n) is 5.01. The molecule has 1 N–H and O–H groups in total. The molecule has 0 aliphatic heterocycles. The number of aromatic amines is 1. The highest BCUT2D eigenvalue weighted by Gasteiger charge is 2.10. The van der Waals surface area contributed by atoms with Crippen LogP contribution < -0.4 is 0 Å². The maximum absolute atomic E-state index is 5.46. The van der Waals surface area contributed by atoms with Crippen LogP contribution in [0.4, 0.5) is 0 Å². The Hall–Kier alpha value is -1.39. The summed E-state index contributed by atoms with van der Waals surface area (Å²) in [5.74, 6) is 0.422. The number of benzene rings is 2. The standard InChI is InChI=1S/C16H15BrN2S/c1-11(12-5-3-2-4-6-12)10-19-15-8-7-13(17)9-14(15)18-16(19)20/h2-9,11H,10H2,1H3,(H,18,20). The van der Waals surface area contributed by atoms with Crippen molar-refractivity contribution in [3.8, 4) is 0 Å². The Balaban J connectivity index is 1.99. The number of halogens is 1. The van der Waals surface area contributed by atoms with Gasteiger partial charge in [-0.25, -0.2) is 0 Å². The summed E-state index contributed by atoms with van der Waals surface area (Å²) in [7, 11) is 0. The lowest BCUT2D eigenvalue weighted by Crippen LogP contribution is -2.06. The minimum Gasteiger partial charge on any atom is -0.331 e. The van der Waals surface area contributed by atoms with Gasteiger partial charge in [-0.1, -0.05) is 53.2 Å². The fourth-order valence-electron chi connectivity index (χ4n) is 2.48. The average Bonchev–Trinajstić information content (AvgIpc) is 2.75. The first-order valence-electron chi connectivity index (χ1n) is 6.58. The Bertz CT molecular complexity index is 789. The minimum atomic E-state index is 0.422. The van der Waals surface area contributed by atoms with Gasteiger partial charge in [0.15, 0.2) is 4.77 Å². The predicted octanol–water partition coefficient (Wildman–Crippen LogP) is 5.27. The molecule has 0 radical (unpaired) electrons. The number of fused-ring (bicyclic) bond motifs is 1. The second kappa shape index (κ2) is 5.54. The Morgan fingerprint density at radius 2 is 1.95 bits per heavy atom. The van der Waals surface area contributed by atoms with E-state index >= 15 is 0 Å². The molecule has 1 heterocycles. The SMILES string of the molecule is CC(Cn1c(=S)[nH]c2cc(Br)ccc21)c1ccccc1. The molecule has 0 aliphatic rings. The van der Waals surface area contributed by atoms with E-state index in [2.05, 4.69) is 74.9 Å². The molecule has 3 rings (SSSR count). The summed E-state index contributed by atoms with van der Waals surface area (Å²) in [5, 5.41) is 0. The molecule has 0 amide bonds. The Labute approximate surface area is 131 Å². The fourth-order valence-corrected chi connectivity index (χ4v) is 3.12. The average molecular weight is 347 g/mol. The lowest BCUT2D eigenvalue weighted by atomic mass is 10.0. The van der Waals surface area contributed by atoms with Gasteiger partial charge in [-0.05, 0) is 41.9 Å². The first-order valence-corrected chi connectivity index (χ1v) is 7.78. The smallest absolute Gasteiger partial charge is 0.178 e. The van der Waals surface area contributed by atoms with Crippen molar-refractivity contribution in [3.63, 3.8) is 0 Å². The fraction of sp³-hybridized carbons (Fsp3) is 0.188. The van der Waals surface area contributed by atoms with Crippen molar-refractivity contribution in [2.45, 2.75) is 19.4 Å². The number of nitrogens with zero attached hydrogens (tertiary/aromatic N) is 1. The number of H-pyrrole nitrogens is 1. The van der Waals surface area contributed by atoms with Crippen LogP contribution >= 0.6 is 28.1 Å². The Morgan fingerprint density at radius 3 is 2.70 bits per heavy atom. The summed E-state index contributed by atoms with van der Waals surface area (Å²) >= 11 is 8.95. The minimum absolute atomic E-state index is 0.422. The monoisotopic (exact) mass is 346 g/mol. The number of rotatable bonds is 3. The van der Waals surface area contributed by atoms with Gasteiger partial charge in [0.2, 0.25) is 0 Å². The zero-order valence-corrected chi connectivity index (χ0v) is 13.5. The summed E-state index contributed by atoms with van der Waals surface area (Å²) in [4.78, 5) is 3.27. The molecule has 0 fully saturated rings. The first-order chi connectivity index (χ1) is 9.65. The van der Waals surface area contributed by atoms with Gasteiger partial charge in [-0.2, -0.15) is 0 Å². The van der Waals surface area contributed by atoms with E-state index in [0.717, 1.165) is 26.8 Å². The van der Waals surface area contributed by atoms with E-state index < -0.39 is 0 Å². The third-order valence-electron chi connectivity index (χ3n) is 3.56. The van der Waals surface area contributed by atoms with Crippen molar-refractivity contribution in [1.82, 2.24) is 9.55 Å². The summed E-state index contributed by atoms with van der Waals surface area (Å²) in [6.45, 7) is 3.11. The van der Waals surface area contributed by atoms with Gasteiger partial charge in [-0.15, -0.1) is 0 Å². The molecule has 0 spiro atoms. The maximum Gasteiger partial charge on any atom is 0.178 e. The quantitative estimate of drug-likeness (QED) is 0.641. The molecule has 0 saturated heterocycles. The van der Waals surface area contributed by atoms with E-state index in [-0.39, 0.29) is 0 Å². The Kier molecular flexibility index (Phi) is 3.76. The van der Waals surface area contributed by atoms with E-state index in [1.54, 1.807) is 0 Å². The van der Waals surface area contributed by atoms with Crippen LogP contribution in [0, 0.1) is 4.77 Å². The largest absolute Gasteiger partial charge is 0.331 e. The molecule has 2 aromatic carbocycles. The predicted molar refractivity (Wildman–Crippen MR) is 89.7 cm³/mol. The topological polar surface area (TPSA) is 20.7 Å². The second-order valence-corrected chi connectivity index (χ2v) is 6.32. The van der Waals surface area contributed by atoms with Gasteiger partial charge < -0.3 is 9.55 Å². The Morgan fingerprint density at radius 1 is 1.20 bits per heavy atom. The number of hydrogen-bond acceptors (Lipinski definition) is 1. The molecule has 3 aromatic rings. The zero-order chi connectivity index (χ0) is 14.1. The van der Waals surface area contributed by atoms with Gasteiger partial charge in [-0.3, -0.25) is 0 Å². The molecule has 1 unspecified atom stereocenters. The van der Waals surface area contributed by atoms with Crippen LogP contribution in [0.2, 0.25) is 0 Å². The highest BCUT2D eigenvalue weighted by Crippen LogP contribution is 2.23. The number of aromatic nitrogens is 2. The summed E-state index contributed by atoms with van der Waals surface area (Å²) in [5.41, 5.74) is 3.56. The molecule has 2 nitrogen and oxygen atoms in total. The van der Waals surface area contributed by atoms with Crippen molar-refractivity contribution in [1.29, 1.82) is 0 Å². The number of nitrogens with one attached hydrogen (secondary N) is 1. The van der Waals surface area contributed by atoms with Gasteiger partial charge in [0.05, 0.1) is 11.0 Å². The molecule has 20 heavy (non-hydrogen) atoms. The molecule has 1 aromatic heterocycles. The van der Waals surface area contributed by atoms with Crippen molar-refractivity contribution in [2.75, 3.05) is 0 Å². The van der Waals surface area contributed by atoms with Crippen molar-refractivity contribution >= 4 is 39.2 Å². The van der Waals surface area contributed by atoms with Crippen LogP contribution in [0.3, 0.4) is 0 Å². The van der Waals surface area contributed by atoms with E-state index in [4.69, 9.17) is 12.2 Å². The van der Waals surface area contributed by atoms with Crippen LogP contribution in [-0.2, 0) is 6.54 Å². The molecule has 0 saturated carbocycles. The van der Waals surface area contributed by atoms with Crippen LogP contribution in [0.15, 0.2) is 53.0 Å². The van der Waals surface area contributed by atoms with E-state index in [9.17, 15) is 0 Å². The number of imidazole rings is 1. The lowest BCUT2D eigenvalue weighted by Gasteiger charge is -2.13. The lowest BCUT2D eigenvalue weighted by molar-refractivity contribution is 0.605. The van der Waals surface area contributed by atoms with E-state index in [0.29, 0.717) is 5.92 Å². The van der Waals surface area contributed by atoms with E-state index in [1.807, 2.05) is 6.07 Å². The molecular formula is C16H15BrN2S. The van der Waals surface area contributed by atoms with Gasteiger partial charge in [0.25, 0.3) is 0 Å². The van der Waals surface area contributed by atoms with Crippen LogP contribution in [0.1, 0.15) is 18.4 Å². The third-order valence-corrected chi connectivity index (χ3v) is 4.38. The number of hydrogen-bond donors (Lipinski definition) is 1. The molecule has 0 aliphatic carbocycles. The summed E-state index contributed by atoms with van der Waals surface area (Å²) < 4.78 is 4.01. The zero-order valence-electron chi connectivity index (χ0n) is 11.1. The third kappa shape index (κ3) is 2.58. The van der Waals surface area contributed by atoms with Gasteiger partial charge in [0.1, 0.15) is 0 Å². The molecular weight excluding hydrogens is 332 g/mol. The van der Waals surface area contributed by atoms with Crippen molar-refractivity contribution < 1.29 is 0 Å². The summed E-state index contributed by atoms with van der Waals surface area (Å²) in [6.07, 6.45) is 0. The van der Waals surface area contributed by atoms with Crippen LogP contribution in [0.5, 0.6) is 0 Å². The van der Waals surface area contributed by atoms with Crippen LogP contribution in [-0.4, -0.2) is 9.55 Å². The normalized spacial score (nSPS) is 12.7. The molecule has 0 bridgehead atoms. The summed E-state index contributed by atoms with van der Waals surface area (Å²) in [6, 6.07) is 16.8. The maximum atomic E-state index is 5.46. The van der Waals surface area contributed by atoms with Gasteiger partial charge >= 0.3 is 0 Å². The van der Waals surface area contributed by atoms with E-state index in [1.165, 1.54) is 5.56 Å². The molecule has 1 atom stereocenters. The van der Waals surface area contributed by atoms with Crippen LogP contribution in [0.25, 0.3) is 11.0 Å². The first kappa shape index (κ1) is 13.6. The highest BCUT2D eigenvalue weighted by molar-refractivity contribution is 9.10. The van der Waals surface area contributed by atoms with Crippen molar-refractivity contribution in [2.24, 2.45) is 0 Å². The molecule has 4 heteroatoms. The van der Waals surface area contributed by atoms with Crippen molar-refractivity contribution in [3.05, 3.63) is 63.3 Å². The highest BCUT2D eigenvalue weighted by atomic mass is 79.9.